The highest BCUT2D eigenvalue weighted by atomic mass is 16.6. The van der Waals surface area contributed by atoms with E-state index in [1.165, 1.54) is 153 Å². The van der Waals surface area contributed by atoms with Crippen molar-refractivity contribution in [2.45, 2.75) is 213 Å². The van der Waals surface area contributed by atoms with Crippen molar-refractivity contribution in [3.05, 3.63) is 144 Å². The maximum atomic E-state index is 14.6. The van der Waals surface area contributed by atoms with E-state index in [9.17, 15) is 14.4 Å². The van der Waals surface area contributed by atoms with Gasteiger partial charge in [0.1, 0.15) is 51.2 Å². The van der Waals surface area contributed by atoms with E-state index < -0.39 is 17.9 Å². The van der Waals surface area contributed by atoms with Crippen LogP contribution in [-0.2, 0) is 0 Å². The van der Waals surface area contributed by atoms with E-state index in [0.717, 1.165) is 90.1 Å². The lowest BCUT2D eigenvalue weighted by Crippen LogP contribution is -2.14. The fourth-order valence-electron chi connectivity index (χ4n) is 11.0. The first-order valence-corrected chi connectivity index (χ1v) is 32.6. The van der Waals surface area contributed by atoms with Crippen LogP contribution in [0.25, 0.3) is 32.3 Å². The fraction of sp³-hybridized carbons (Fsp3) is 0.480. The average molecular weight is 1140 g/mol. The average Bonchev–Trinajstić information content (AvgIpc) is 3.67. The second-order valence-electron chi connectivity index (χ2n) is 23.0. The predicted octanol–water partition coefficient (Wildman–Crippen LogP) is 21.7. The van der Waals surface area contributed by atoms with E-state index in [0.29, 0.717) is 37.1 Å². The lowest BCUT2D eigenvalue weighted by Gasteiger charge is -2.16. The number of hydrogen-bond donors (Lipinski definition) is 0. The monoisotopic (exact) mass is 1140 g/mol. The van der Waals surface area contributed by atoms with Crippen molar-refractivity contribution in [2.75, 3.05) is 19.8 Å². The molecule has 0 bridgehead atoms. The van der Waals surface area contributed by atoms with Crippen LogP contribution in [0.3, 0.4) is 0 Å². The van der Waals surface area contributed by atoms with Crippen molar-refractivity contribution in [1.82, 2.24) is 0 Å². The van der Waals surface area contributed by atoms with Gasteiger partial charge < -0.3 is 28.4 Å². The Labute approximate surface area is 502 Å². The predicted molar refractivity (Wildman–Crippen MR) is 345 cm³/mol. The van der Waals surface area contributed by atoms with Crippen LogP contribution in [0, 0.1) is 0 Å². The van der Waals surface area contributed by atoms with Crippen molar-refractivity contribution < 1.29 is 42.8 Å². The zero-order chi connectivity index (χ0) is 58.8. The summed E-state index contributed by atoms with van der Waals surface area (Å²) in [6.45, 7) is 8.08. The third-order valence-corrected chi connectivity index (χ3v) is 16.0. The summed E-state index contributed by atoms with van der Waals surface area (Å²) in [5.74, 6) is -0.848. The number of esters is 3. The standard InChI is InChI=1S/C75H96O9/c1-4-7-10-13-16-19-22-25-28-37-46-79-70-52-61-43-34-31-40-58(61)49-67(70)73(76)82-64-55-65(83-74(77)68-50-59-41-32-35-44-62(59)53-71(68)80-47-38-29-26-23-20-17-14-11-8-5-2)57-66(56-64)84-75(78)69-51-60-42-33-36-45-63(60)54-72(69)81-48-39-30-27-24-21-18-15-12-9-6-3/h31-36,40-45,49-57H,4-30,37-39,46-48H2,1-3H3. The van der Waals surface area contributed by atoms with E-state index >= 15 is 0 Å². The third-order valence-electron chi connectivity index (χ3n) is 16.0. The molecule has 0 unspecified atom stereocenters. The van der Waals surface area contributed by atoms with Crippen molar-refractivity contribution in [3.63, 3.8) is 0 Å². The minimum atomic E-state index is -0.686. The van der Waals surface area contributed by atoms with Crippen LogP contribution < -0.4 is 28.4 Å². The van der Waals surface area contributed by atoms with Crippen molar-refractivity contribution in [2.24, 2.45) is 0 Å². The largest absolute Gasteiger partial charge is 0.493 e. The van der Waals surface area contributed by atoms with Gasteiger partial charge in [0.15, 0.2) is 0 Å². The quantitative estimate of drug-likeness (QED) is 0.0210. The normalized spacial score (nSPS) is 11.3. The Morgan fingerprint density at radius 1 is 0.262 bits per heavy atom. The molecular formula is C75H96O9. The molecule has 0 aliphatic carbocycles. The van der Waals surface area contributed by atoms with Gasteiger partial charge in [-0.15, -0.1) is 0 Å². The van der Waals surface area contributed by atoms with Crippen LogP contribution in [-0.4, -0.2) is 37.7 Å². The van der Waals surface area contributed by atoms with Gasteiger partial charge >= 0.3 is 17.9 Å². The van der Waals surface area contributed by atoms with E-state index in [2.05, 4.69) is 20.8 Å². The maximum absolute atomic E-state index is 14.6. The molecule has 0 atom stereocenters. The first kappa shape index (κ1) is 64.7. The van der Waals surface area contributed by atoms with Gasteiger partial charge in [0.05, 0.1) is 19.8 Å². The Morgan fingerprint density at radius 3 is 0.690 bits per heavy atom. The fourth-order valence-corrected chi connectivity index (χ4v) is 11.0. The van der Waals surface area contributed by atoms with E-state index in [1.54, 1.807) is 18.2 Å². The van der Waals surface area contributed by atoms with Gasteiger partial charge in [-0.2, -0.15) is 0 Å². The van der Waals surface area contributed by atoms with Crippen molar-refractivity contribution in [3.8, 4) is 34.5 Å². The number of unbranched alkanes of at least 4 members (excludes halogenated alkanes) is 27. The summed E-state index contributed by atoms with van der Waals surface area (Å²) in [6, 6.07) is 38.8. The third kappa shape index (κ3) is 22.0. The number of hydrogen-bond acceptors (Lipinski definition) is 9. The van der Waals surface area contributed by atoms with Crippen LogP contribution >= 0.6 is 0 Å². The van der Waals surface area contributed by atoms with Gasteiger partial charge in [-0.05, 0) is 88.0 Å². The molecule has 84 heavy (non-hydrogen) atoms. The number of ether oxygens (including phenoxy) is 6. The van der Waals surface area contributed by atoms with Crippen molar-refractivity contribution in [1.29, 1.82) is 0 Å². The molecule has 0 aromatic heterocycles. The summed E-state index contributed by atoms with van der Waals surface area (Å²) in [6.07, 6.45) is 35.9. The van der Waals surface area contributed by atoms with E-state index in [1.807, 2.05) is 91.0 Å². The molecule has 7 aromatic rings. The molecule has 0 amide bonds. The molecule has 0 saturated heterocycles. The van der Waals surface area contributed by atoms with Gasteiger partial charge in [0, 0.05) is 18.2 Å². The molecule has 9 nitrogen and oxygen atoms in total. The molecule has 0 heterocycles. The van der Waals surface area contributed by atoms with Gasteiger partial charge in [-0.25, -0.2) is 14.4 Å². The lowest BCUT2D eigenvalue weighted by molar-refractivity contribution is 0.0726. The first-order chi connectivity index (χ1) is 41.3. The molecule has 9 heteroatoms. The highest BCUT2D eigenvalue weighted by molar-refractivity contribution is 6.02. The molecule has 7 aromatic carbocycles. The van der Waals surface area contributed by atoms with Gasteiger partial charge in [0.2, 0.25) is 0 Å². The van der Waals surface area contributed by atoms with E-state index in [-0.39, 0.29) is 33.9 Å². The Balaban J connectivity index is 1.11. The summed E-state index contributed by atoms with van der Waals surface area (Å²) < 4.78 is 37.8. The van der Waals surface area contributed by atoms with Crippen LogP contribution in [0.4, 0.5) is 0 Å². The number of rotatable bonds is 42. The highest BCUT2D eigenvalue weighted by Gasteiger charge is 2.23. The minimum absolute atomic E-state index is 0.00575. The number of carbonyl (C=O) groups is 3. The van der Waals surface area contributed by atoms with Crippen LogP contribution in [0.5, 0.6) is 34.5 Å². The number of benzene rings is 7. The maximum Gasteiger partial charge on any atom is 0.347 e. The van der Waals surface area contributed by atoms with Gasteiger partial charge in [0.25, 0.3) is 0 Å². The molecular weight excluding hydrogens is 1040 g/mol. The molecule has 0 aliphatic heterocycles. The summed E-state index contributed by atoms with van der Waals surface area (Å²) in [5.41, 5.74) is 0.715. The first-order valence-electron chi connectivity index (χ1n) is 32.6. The summed E-state index contributed by atoms with van der Waals surface area (Å²) in [4.78, 5) is 43.7. The molecule has 7 rings (SSSR count). The molecule has 0 radical (unpaired) electrons. The van der Waals surface area contributed by atoms with E-state index in [4.69, 9.17) is 28.4 Å². The molecule has 0 N–H and O–H groups in total. The zero-order valence-corrected chi connectivity index (χ0v) is 51.1. The molecule has 0 saturated carbocycles. The van der Waals surface area contributed by atoms with Crippen LogP contribution in [0.1, 0.15) is 244 Å². The van der Waals surface area contributed by atoms with Crippen LogP contribution in [0.15, 0.2) is 127 Å². The SMILES string of the molecule is CCCCCCCCCCCCOc1cc2ccccc2cc1C(=O)Oc1cc(OC(=O)c2cc3ccccc3cc2OCCCCCCCCCCCC)cc(OC(=O)c2cc3ccccc3cc2OCCCCCCCCCCCC)c1. The molecule has 0 aliphatic rings. The Kier molecular flexibility index (Phi) is 28.8. The second kappa shape index (κ2) is 37.4. The van der Waals surface area contributed by atoms with Crippen LogP contribution in [0.2, 0.25) is 0 Å². The van der Waals surface area contributed by atoms with Gasteiger partial charge in [-0.3, -0.25) is 0 Å². The number of fused-ring (bicyclic) bond motifs is 3. The second-order valence-corrected chi connectivity index (χ2v) is 23.0. The highest BCUT2D eigenvalue weighted by Crippen LogP contribution is 2.36. The summed E-state index contributed by atoms with van der Waals surface area (Å²) >= 11 is 0. The molecule has 0 fully saturated rings. The zero-order valence-electron chi connectivity index (χ0n) is 51.1. The van der Waals surface area contributed by atoms with Crippen molar-refractivity contribution >= 4 is 50.2 Å². The molecule has 450 valence electrons. The smallest absolute Gasteiger partial charge is 0.347 e. The topological polar surface area (TPSA) is 107 Å². The summed E-state index contributed by atoms with van der Waals surface area (Å²) in [5, 5.41) is 5.31. The Bertz CT molecular complexity index is 2750. The van der Waals surface area contributed by atoms with Gasteiger partial charge in [-0.1, -0.05) is 267 Å². The Morgan fingerprint density at radius 2 is 0.464 bits per heavy atom. The minimum Gasteiger partial charge on any atom is -0.493 e. The lowest BCUT2D eigenvalue weighted by atomic mass is 10.1. The number of carbonyl (C=O) groups excluding carboxylic acids is 3. The molecule has 0 spiro atoms. The summed E-state index contributed by atoms with van der Waals surface area (Å²) in [7, 11) is 0. The Hall–Kier alpha value is -6.87.